The standard InChI is InChI=1S/C21H25BrN2O3/c1-3-24(4-2)21(26)16-8-5-10-18(14-16)23-20(25)12-7-13-27-19-11-6-9-17(22)15-19/h5-6,8-11,14-15H,3-4,7,12-13H2,1-2H3,(H,23,25). The quantitative estimate of drug-likeness (QED) is 0.582. The van der Waals surface area contributed by atoms with E-state index in [0.717, 1.165) is 10.2 Å². The number of halogens is 1. The van der Waals surface area contributed by atoms with Crippen molar-refractivity contribution in [2.24, 2.45) is 0 Å². The van der Waals surface area contributed by atoms with Crippen molar-refractivity contribution in [3.63, 3.8) is 0 Å². The first-order chi connectivity index (χ1) is 13.0. The second-order valence-corrected chi connectivity index (χ2v) is 6.93. The molecule has 0 fully saturated rings. The number of anilines is 1. The zero-order valence-electron chi connectivity index (χ0n) is 15.7. The Morgan fingerprint density at radius 2 is 1.81 bits per heavy atom. The SMILES string of the molecule is CCN(CC)C(=O)c1cccc(NC(=O)CCCOc2cccc(Br)c2)c1. The summed E-state index contributed by atoms with van der Waals surface area (Å²) in [4.78, 5) is 26.3. The summed E-state index contributed by atoms with van der Waals surface area (Å²) in [6.45, 7) is 5.67. The molecule has 27 heavy (non-hydrogen) atoms. The summed E-state index contributed by atoms with van der Waals surface area (Å²) < 4.78 is 6.58. The molecule has 144 valence electrons. The first-order valence-corrected chi connectivity index (χ1v) is 9.90. The van der Waals surface area contributed by atoms with E-state index in [2.05, 4.69) is 21.2 Å². The van der Waals surface area contributed by atoms with E-state index in [4.69, 9.17) is 4.74 Å². The highest BCUT2D eigenvalue weighted by molar-refractivity contribution is 9.10. The number of nitrogens with one attached hydrogen (secondary N) is 1. The molecule has 0 spiro atoms. The van der Waals surface area contributed by atoms with Gasteiger partial charge in [0.1, 0.15) is 5.75 Å². The van der Waals surface area contributed by atoms with E-state index in [0.29, 0.717) is 43.8 Å². The molecule has 5 nitrogen and oxygen atoms in total. The third-order valence-electron chi connectivity index (χ3n) is 4.06. The van der Waals surface area contributed by atoms with Gasteiger partial charge >= 0.3 is 0 Å². The Kier molecular flexibility index (Phi) is 8.33. The number of nitrogens with zero attached hydrogens (tertiary/aromatic N) is 1. The van der Waals surface area contributed by atoms with Crippen LogP contribution in [0.4, 0.5) is 5.69 Å². The molecule has 0 heterocycles. The predicted molar refractivity (Wildman–Crippen MR) is 111 cm³/mol. The number of carbonyl (C=O) groups excluding carboxylic acids is 2. The normalized spacial score (nSPS) is 10.3. The van der Waals surface area contributed by atoms with E-state index in [1.54, 1.807) is 29.2 Å². The molecule has 0 aliphatic heterocycles. The van der Waals surface area contributed by atoms with Gasteiger partial charge in [0, 0.05) is 35.2 Å². The van der Waals surface area contributed by atoms with Crippen molar-refractivity contribution in [1.82, 2.24) is 4.90 Å². The molecule has 0 unspecified atom stereocenters. The van der Waals surface area contributed by atoms with Crippen LogP contribution in [0.5, 0.6) is 5.75 Å². The Balaban J connectivity index is 1.81. The van der Waals surface area contributed by atoms with Crippen molar-refractivity contribution in [2.75, 3.05) is 25.0 Å². The van der Waals surface area contributed by atoms with E-state index in [-0.39, 0.29) is 11.8 Å². The third kappa shape index (κ3) is 6.71. The highest BCUT2D eigenvalue weighted by atomic mass is 79.9. The van der Waals surface area contributed by atoms with Crippen LogP contribution in [-0.4, -0.2) is 36.4 Å². The average molecular weight is 433 g/mol. The van der Waals surface area contributed by atoms with Gasteiger partial charge in [0.15, 0.2) is 0 Å². The van der Waals surface area contributed by atoms with Crippen LogP contribution in [0.15, 0.2) is 53.0 Å². The monoisotopic (exact) mass is 432 g/mol. The van der Waals surface area contributed by atoms with E-state index < -0.39 is 0 Å². The topological polar surface area (TPSA) is 58.6 Å². The summed E-state index contributed by atoms with van der Waals surface area (Å²) >= 11 is 3.39. The first-order valence-electron chi connectivity index (χ1n) is 9.11. The molecule has 0 saturated heterocycles. The van der Waals surface area contributed by atoms with Gasteiger partial charge < -0.3 is 15.0 Å². The van der Waals surface area contributed by atoms with Gasteiger partial charge in [-0.25, -0.2) is 0 Å². The van der Waals surface area contributed by atoms with Crippen LogP contribution < -0.4 is 10.1 Å². The molecule has 0 atom stereocenters. The van der Waals surface area contributed by atoms with Gasteiger partial charge in [0.25, 0.3) is 5.91 Å². The van der Waals surface area contributed by atoms with Crippen molar-refractivity contribution in [3.8, 4) is 5.75 Å². The second kappa shape index (κ2) is 10.7. The lowest BCUT2D eigenvalue weighted by Crippen LogP contribution is -2.30. The molecule has 2 aromatic rings. The second-order valence-electron chi connectivity index (χ2n) is 6.02. The van der Waals surface area contributed by atoms with Gasteiger partial charge in [-0.15, -0.1) is 0 Å². The molecule has 0 bridgehead atoms. The molecule has 1 N–H and O–H groups in total. The molecule has 2 rings (SSSR count). The van der Waals surface area contributed by atoms with E-state index >= 15 is 0 Å². The molecular weight excluding hydrogens is 408 g/mol. The highest BCUT2D eigenvalue weighted by Gasteiger charge is 2.13. The minimum atomic E-state index is -0.0970. The van der Waals surface area contributed by atoms with Crippen LogP contribution in [0.1, 0.15) is 37.0 Å². The molecule has 0 radical (unpaired) electrons. The number of benzene rings is 2. The Labute approximate surface area is 168 Å². The van der Waals surface area contributed by atoms with Crippen LogP contribution in [0.3, 0.4) is 0 Å². The predicted octanol–water partition coefficient (Wildman–Crippen LogP) is 4.73. The maximum absolute atomic E-state index is 12.4. The summed E-state index contributed by atoms with van der Waals surface area (Å²) in [5.74, 6) is 0.645. The minimum absolute atomic E-state index is 0.0291. The number of rotatable bonds is 9. The lowest BCUT2D eigenvalue weighted by Gasteiger charge is -2.19. The zero-order valence-corrected chi connectivity index (χ0v) is 17.3. The van der Waals surface area contributed by atoms with Crippen molar-refractivity contribution in [1.29, 1.82) is 0 Å². The zero-order chi connectivity index (χ0) is 19.6. The minimum Gasteiger partial charge on any atom is -0.494 e. The molecule has 0 saturated carbocycles. The molecule has 0 aliphatic rings. The van der Waals surface area contributed by atoms with Gasteiger partial charge in [0.05, 0.1) is 6.61 Å². The van der Waals surface area contributed by atoms with E-state index in [1.165, 1.54) is 0 Å². The maximum atomic E-state index is 12.4. The fraction of sp³-hybridized carbons (Fsp3) is 0.333. The van der Waals surface area contributed by atoms with Crippen LogP contribution >= 0.6 is 15.9 Å². The van der Waals surface area contributed by atoms with Crippen molar-refractivity contribution in [3.05, 3.63) is 58.6 Å². The van der Waals surface area contributed by atoms with Crippen LogP contribution in [0, 0.1) is 0 Å². The summed E-state index contributed by atoms with van der Waals surface area (Å²) in [5.41, 5.74) is 1.21. The molecule has 6 heteroatoms. The summed E-state index contributed by atoms with van der Waals surface area (Å²) in [7, 11) is 0. The Morgan fingerprint density at radius 1 is 1.07 bits per heavy atom. The molecule has 2 aromatic carbocycles. The summed E-state index contributed by atoms with van der Waals surface area (Å²) in [6.07, 6.45) is 0.957. The average Bonchev–Trinajstić information content (AvgIpc) is 2.66. The van der Waals surface area contributed by atoms with Crippen molar-refractivity contribution >= 4 is 33.4 Å². The Hall–Kier alpha value is -2.34. The Bertz CT molecular complexity index is 776. The number of carbonyl (C=O) groups is 2. The molecule has 0 aromatic heterocycles. The Morgan fingerprint density at radius 3 is 2.52 bits per heavy atom. The van der Waals surface area contributed by atoms with Crippen molar-refractivity contribution < 1.29 is 14.3 Å². The summed E-state index contributed by atoms with van der Waals surface area (Å²) in [5, 5.41) is 2.85. The molecular formula is C21H25BrN2O3. The van der Waals surface area contributed by atoms with E-state index in [1.807, 2.05) is 38.1 Å². The molecule has 2 amide bonds. The fourth-order valence-electron chi connectivity index (χ4n) is 2.63. The lowest BCUT2D eigenvalue weighted by molar-refractivity contribution is -0.116. The van der Waals surface area contributed by atoms with Gasteiger partial charge in [-0.1, -0.05) is 28.1 Å². The van der Waals surface area contributed by atoms with Crippen LogP contribution in [-0.2, 0) is 4.79 Å². The smallest absolute Gasteiger partial charge is 0.253 e. The maximum Gasteiger partial charge on any atom is 0.253 e. The largest absolute Gasteiger partial charge is 0.494 e. The fourth-order valence-corrected chi connectivity index (χ4v) is 3.00. The number of hydrogen-bond acceptors (Lipinski definition) is 3. The van der Waals surface area contributed by atoms with E-state index in [9.17, 15) is 9.59 Å². The van der Waals surface area contributed by atoms with Crippen LogP contribution in [0.25, 0.3) is 0 Å². The highest BCUT2D eigenvalue weighted by Crippen LogP contribution is 2.18. The number of ether oxygens (including phenoxy) is 1. The number of amides is 2. The van der Waals surface area contributed by atoms with Gasteiger partial charge in [-0.3, -0.25) is 9.59 Å². The number of hydrogen-bond donors (Lipinski definition) is 1. The molecule has 0 aliphatic carbocycles. The van der Waals surface area contributed by atoms with Crippen molar-refractivity contribution in [2.45, 2.75) is 26.7 Å². The summed E-state index contributed by atoms with van der Waals surface area (Å²) in [6, 6.07) is 14.6. The van der Waals surface area contributed by atoms with Gasteiger partial charge in [-0.2, -0.15) is 0 Å². The third-order valence-corrected chi connectivity index (χ3v) is 4.55. The van der Waals surface area contributed by atoms with Gasteiger partial charge in [-0.05, 0) is 56.7 Å². The first kappa shape index (κ1) is 21.0. The lowest BCUT2D eigenvalue weighted by atomic mass is 10.1. The van der Waals surface area contributed by atoms with Crippen LogP contribution in [0.2, 0.25) is 0 Å². The van der Waals surface area contributed by atoms with Gasteiger partial charge in [0.2, 0.25) is 5.91 Å².